The van der Waals surface area contributed by atoms with Gasteiger partial charge in [0.25, 0.3) is 0 Å². The monoisotopic (exact) mass is 259 g/mol. The Morgan fingerprint density at radius 2 is 1.95 bits per heavy atom. The molecule has 1 heterocycles. The highest BCUT2D eigenvalue weighted by Gasteiger charge is 2.09. The number of nitrogens with one attached hydrogen (secondary N) is 1. The van der Waals surface area contributed by atoms with Crippen molar-refractivity contribution in [3.63, 3.8) is 0 Å². The van der Waals surface area contributed by atoms with Gasteiger partial charge in [-0.2, -0.15) is 0 Å². The van der Waals surface area contributed by atoms with Crippen LogP contribution in [0.25, 0.3) is 0 Å². The average Bonchev–Trinajstić information content (AvgIpc) is 2.37. The third kappa shape index (κ3) is 3.02. The van der Waals surface area contributed by atoms with E-state index in [4.69, 9.17) is 5.73 Å². The van der Waals surface area contributed by atoms with Crippen molar-refractivity contribution in [3.05, 3.63) is 53.0 Å². The minimum absolute atomic E-state index is 0.0226. The van der Waals surface area contributed by atoms with Crippen LogP contribution in [0.5, 0.6) is 0 Å². The second-order valence-electron chi connectivity index (χ2n) is 4.75. The quantitative estimate of drug-likeness (QED) is 0.885. The molecule has 0 saturated heterocycles. The number of pyridine rings is 1. The van der Waals surface area contributed by atoms with Crippen molar-refractivity contribution in [2.24, 2.45) is 0 Å². The van der Waals surface area contributed by atoms with Gasteiger partial charge in [-0.1, -0.05) is 12.1 Å². The molecule has 0 aliphatic carbocycles. The van der Waals surface area contributed by atoms with E-state index in [1.54, 1.807) is 19.1 Å². The Kier molecular flexibility index (Phi) is 3.69. The SMILES string of the molecule is Cc1ccc(C(C)Nc2ccc(N)c(C)n2)cc1F. The zero-order valence-electron chi connectivity index (χ0n) is 11.4. The first-order valence-corrected chi connectivity index (χ1v) is 6.23. The second kappa shape index (κ2) is 5.26. The fraction of sp³-hybridized carbons (Fsp3) is 0.267. The molecule has 1 aromatic heterocycles. The maximum atomic E-state index is 13.5. The van der Waals surface area contributed by atoms with E-state index in [0.29, 0.717) is 11.3 Å². The minimum atomic E-state index is -0.187. The number of hydrogen-bond acceptors (Lipinski definition) is 3. The number of halogens is 1. The van der Waals surface area contributed by atoms with E-state index < -0.39 is 0 Å². The summed E-state index contributed by atoms with van der Waals surface area (Å²) < 4.78 is 13.5. The summed E-state index contributed by atoms with van der Waals surface area (Å²) in [6.07, 6.45) is 0. The highest BCUT2D eigenvalue weighted by atomic mass is 19.1. The van der Waals surface area contributed by atoms with Crippen LogP contribution in [-0.4, -0.2) is 4.98 Å². The lowest BCUT2D eigenvalue weighted by molar-refractivity contribution is 0.614. The third-order valence-corrected chi connectivity index (χ3v) is 3.19. The average molecular weight is 259 g/mol. The van der Waals surface area contributed by atoms with E-state index in [0.717, 1.165) is 17.1 Å². The molecule has 1 unspecified atom stereocenters. The highest BCUT2D eigenvalue weighted by Crippen LogP contribution is 2.21. The largest absolute Gasteiger partial charge is 0.397 e. The summed E-state index contributed by atoms with van der Waals surface area (Å²) >= 11 is 0. The molecule has 3 N–H and O–H groups in total. The Hall–Kier alpha value is -2.10. The molecular formula is C15H18FN3. The summed E-state index contributed by atoms with van der Waals surface area (Å²) in [6.45, 7) is 5.58. The highest BCUT2D eigenvalue weighted by molar-refractivity contribution is 5.50. The van der Waals surface area contributed by atoms with Crippen LogP contribution in [-0.2, 0) is 0 Å². The molecule has 0 saturated carbocycles. The van der Waals surface area contributed by atoms with E-state index in [1.807, 2.05) is 32.0 Å². The van der Waals surface area contributed by atoms with E-state index in [1.165, 1.54) is 0 Å². The third-order valence-electron chi connectivity index (χ3n) is 3.19. The predicted octanol–water partition coefficient (Wildman–Crippen LogP) is 3.59. The topological polar surface area (TPSA) is 50.9 Å². The van der Waals surface area contributed by atoms with Gasteiger partial charge in [-0.25, -0.2) is 9.37 Å². The molecule has 1 aromatic carbocycles. The first-order chi connectivity index (χ1) is 8.97. The van der Waals surface area contributed by atoms with Crippen LogP contribution in [0.2, 0.25) is 0 Å². The Balaban J connectivity index is 2.17. The first-order valence-electron chi connectivity index (χ1n) is 6.23. The molecule has 3 nitrogen and oxygen atoms in total. The van der Waals surface area contributed by atoms with Gasteiger partial charge in [-0.15, -0.1) is 0 Å². The van der Waals surface area contributed by atoms with Gasteiger partial charge in [0.1, 0.15) is 11.6 Å². The van der Waals surface area contributed by atoms with Gasteiger partial charge in [0.2, 0.25) is 0 Å². The Bertz CT molecular complexity index is 596. The molecule has 1 atom stereocenters. The maximum absolute atomic E-state index is 13.5. The number of rotatable bonds is 3. The van der Waals surface area contributed by atoms with Crippen LogP contribution < -0.4 is 11.1 Å². The summed E-state index contributed by atoms with van der Waals surface area (Å²) in [4.78, 5) is 4.35. The fourth-order valence-electron chi connectivity index (χ4n) is 1.84. The Morgan fingerprint density at radius 3 is 2.58 bits per heavy atom. The van der Waals surface area contributed by atoms with Crippen molar-refractivity contribution >= 4 is 11.5 Å². The van der Waals surface area contributed by atoms with Crippen molar-refractivity contribution in [1.29, 1.82) is 0 Å². The summed E-state index contributed by atoms with van der Waals surface area (Å²) in [5, 5.41) is 3.24. The summed E-state index contributed by atoms with van der Waals surface area (Å²) in [7, 11) is 0. The zero-order valence-corrected chi connectivity index (χ0v) is 11.4. The lowest BCUT2D eigenvalue weighted by atomic mass is 10.1. The molecule has 0 fully saturated rings. The number of nitrogens with zero attached hydrogens (tertiary/aromatic N) is 1. The van der Waals surface area contributed by atoms with Crippen LogP contribution >= 0.6 is 0 Å². The lowest BCUT2D eigenvalue weighted by Gasteiger charge is -2.16. The van der Waals surface area contributed by atoms with E-state index in [9.17, 15) is 4.39 Å². The molecule has 0 aliphatic heterocycles. The number of nitrogens with two attached hydrogens (primary N) is 1. The van der Waals surface area contributed by atoms with Crippen molar-refractivity contribution in [2.45, 2.75) is 26.8 Å². The molecule has 2 aromatic rings. The van der Waals surface area contributed by atoms with Crippen LogP contribution in [0, 0.1) is 19.7 Å². The van der Waals surface area contributed by atoms with Gasteiger partial charge < -0.3 is 11.1 Å². The smallest absolute Gasteiger partial charge is 0.126 e. The second-order valence-corrected chi connectivity index (χ2v) is 4.75. The normalized spacial score (nSPS) is 12.2. The molecule has 2 rings (SSSR count). The van der Waals surface area contributed by atoms with Gasteiger partial charge in [0.15, 0.2) is 0 Å². The number of hydrogen-bond donors (Lipinski definition) is 2. The molecule has 0 aliphatic rings. The van der Waals surface area contributed by atoms with Crippen LogP contribution in [0.3, 0.4) is 0 Å². The number of benzene rings is 1. The predicted molar refractivity (Wildman–Crippen MR) is 76.6 cm³/mol. The molecule has 0 amide bonds. The van der Waals surface area contributed by atoms with Crippen molar-refractivity contribution in [2.75, 3.05) is 11.1 Å². The van der Waals surface area contributed by atoms with Gasteiger partial charge in [-0.05, 0) is 50.1 Å². The van der Waals surface area contributed by atoms with Gasteiger partial charge >= 0.3 is 0 Å². The summed E-state index contributed by atoms with van der Waals surface area (Å²) in [5.74, 6) is 0.549. The molecule has 0 radical (unpaired) electrons. The zero-order chi connectivity index (χ0) is 14.0. The number of aryl methyl sites for hydroxylation is 2. The first kappa shape index (κ1) is 13.3. The van der Waals surface area contributed by atoms with E-state index in [2.05, 4.69) is 10.3 Å². The minimum Gasteiger partial charge on any atom is -0.397 e. The van der Waals surface area contributed by atoms with Crippen LogP contribution in [0.15, 0.2) is 30.3 Å². The van der Waals surface area contributed by atoms with Crippen molar-refractivity contribution < 1.29 is 4.39 Å². The molecular weight excluding hydrogens is 241 g/mol. The summed E-state index contributed by atoms with van der Waals surface area (Å²) in [6, 6.07) is 8.86. The Labute approximate surface area is 112 Å². The van der Waals surface area contributed by atoms with E-state index in [-0.39, 0.29) is 11.9 Å². The molecule has 4 heteroatoms. The Morgan fingerprint density at radius 1 is 1.21 bits per heavy atom. The fourth-order valence-corrected chi connectivity index (χ4v) is 1.84. The van der Waals surface area contributed by atoms with Crippen LogP contribution in [0.1, 0.15) is 29.8 Å². The van der Waals surface area contributed by atoms with Gasteiger partial charge in [0, 0.05) is 0 Å². The van der Waals surface area contributed by atoms with Crippen molar-refractivity contribution in [1.82, 2.24) is 4.98 Å². The summed E-state index contributed by atoms with van der Waals surface area (Å²) in [5.41, 5.74) is 8.72. The number of nitrogen functional groups attached to an aromatic ring is 1. The molecule has 19 heavy (non-hydrogen) atoms. The van der Waals surface area contributed by atoms with Crippen LogP contribution in [0.4, 0.5) is 15.9 Å². The molecule has 100 valence electrons. The van der Waals surface area contributed by atoms with E-state index >= 15 is 0 Å². The van der Waals surface area contributed by atoms with Gasteiger partial charge in [0.05, 0.1) is 17.4 Å². The number of aromatic nitrogens is 1. The molecule has 0 spiro atoms. The number of anilines is 2. The van der Waals surface area contributed by atoms with Crippen molar-refractivity contribution in [3.8, 4) is 0 Å². The maximum Gasteiger partial charge on any atom is 0.126 e. The standard InChI is InChI=1S/C15H18FN3/c1-9-4-5-12(8-13(9)16)10(2)18-15-7-6-14(17)11(3)19-15/h4-8,10H,17H2,1-3H3,(H,18,19). The molecule has 0 bridgehead atoms. The van der Waals surface area contributed by atoms with Gasteiger partial charge in [-0.3, -0.25) is 0 Å². The lowest BCUT2D eigenvalue weighted by Crippen LogP contribution is -2.09.